The molecule has 1 fully saturated rings. The van der Waals surface area contributed by atoms with Crippen LogP contribution in [-0.2, 0) is 0 Å². The topological polar surface area (TPSA) is 22.1 Å². The van der Waals surface area contributed by atoms with Crippen LogP contribution in [0, 0.1) is 0 Å². The van der Waals surface area contributed by atoms with Gasteiger partial charge in [-0.25, -0.2) is 0 Å². The fourth-order valence-electron chi connectivity index (χ4n) is 2.42. The molecular weight excluding hydrogens is 222 g/mol. The average molecular weight is 240 g/mol. The molecule has 2 atom stereocenters. The van der Waals surface area contributed by atoms with Gasteiger partial charge in [0.1, 0.15) is 5.75 Å². The smallest absolute Gasteiger partial charge is 0.140 e. The molecule has 0 aromatic carbocycles. The van der Waals surface area contributed by atoms with E-state index in [-0.39, 0.29) is 5.38 Å². The molecule has 2 nitrogen and oxygen atoms in total. The average Bonchev–Trinajstić information content (AvgIpc) is 2.54. The Labute approximate surface area is 102 Å². The molecular formula is C13H18ClNO. The summed E-state index contributed by atoms with van der Waals surface area (Å²) in [6, 6.07) is 3.87. The van der Waals surface area contributed by atoms with Crippen LogP contribution in [0.3, 0.4) is 0 Å². The van der Waals surface area contributed by atoms with E-state index >= 15 is 0 Å². The number of halogens is 1. The van der Waals surface area contributed by atoms with E-state index in [9.17, 15) is 0 Å². The monoisotopic (exact) mass is 239 g/mol. The summed E-state index contributed by atoms with van der Waals surface area (Å²) in [5.74, 6) is 1.22. The third-order valence-corrected chi connectivity index (χ3v) is 3.82. The second-order valence-electron chi connectivity index (χ2n) is 4.35. The van der Waals surface area contributed by atoms with Gasteiger partial charge < -0.3 is 4.74 Å². The fourth-order valence-corrected chi connectivity index (χ4v) is 2.82. The Morgan fingerprint density at radius 2 is 2.12 bits per heavy atom. The van der Waals surface area contributed by atoms with E-state index in [0.717, 1.165) is 24.3 Å². The first kappa shape index (κ1) is 11.7. The number of ether oxygens (including phenoxy) is 1. The summed E-state index contributed by atoms with van der Waals surface area (Å²) in [6.45, 7) is 0. The van der Waals surface area contributed by atoms with Gasteiger partial charge in [0.15, 0.2) is 0 Å². The van der Waals surface area contributed by atoms with E-state index < -0.39 is 0 Å². The van der Waals surface area contributed by atoms with Gasteiger partial charge in [-0.1, -0.05) is 19.3 Å². The number of hydrogen-bond acceptors (Lipinski definition) is 2. The molecule has 0 aliphatic heterocycles. The quantitative estimate of drug-likeness (QED) is 0.579. The summed E-state index contributed by atoms with van der Waals surface area (Å²) in [5.41, 5.74) is 1.03. The first-order valence-electron chi connectivity index (χ1n) is 5.96. The van der Waals surface area contributed by atoms with E-state index in [2.05, 4.69) is 4.98 Å². The van der Waals surface area contributed by atoms with Crippen LogP contribution in [0.4, 0.5) is 0 Å². The molecule has 16 heavy (non-hydrogen) atoms. The highest BCUT2D eigenvalue weighted by atomic mass is 35.5. The number of methoxy groups -OCH3 is 1. The molecule has 0 saturated heterocycles. The highest BCUT2D eigenvalue weighted by Crippen LogP contribution is 2.37. The maximum Gasteiger partial charge on any atom is 0.140 e. The normalized spacial score (nSPS) is 26.1. The molecule has 1 saturated carbocycles. The largest absolute Gasteiger partial charge is 0.495 e. The number of alkyl halides is 1. The Kier molecular flexibility index (Phi) is 4.05. The van der Waals surface area contributed by atoms with Crippen molar-refractivity contribution in [2.45, 2.75) is 43.4 Å². The molecule has 1 aliphatic carbocycles. The zero-order valence-electron chi connectivity index (χ0n) is 9.66. The van der Waals surface area contributed by atoms with Crippen LogP contribution in [0.2, 0.25) is 0 Å². The summed E-state index contributed by atoms with van der Waals surface area (Å²) in [4.78, 5) is 4.46. The zero-order valence-corrected chi connectivity index (χ0v) is 10.4. The Hall–Kier alpha value is -0.760. The first-order valence-corrected chi connectivity index (χ1v) is 6.39. The Bertz CT molecular complexity index is 342. The van der Waals surface area contributed by atoms with Crippen molar-refractivity contribution >= 4 is 11.6 Å². The third kappa shape index (κ3) is 2.49. The Morgan fingerprint density at radius 1 is 1.31 bits per heavy atom. The zero-order chi connectivity index (χ0) is 11.4. The van der Waals surface area contributed by atoms with Gasteiger partial charge in [-0.05, 0) is 25.0 Å². The molecule has 0 N–H and O–H groups in total. The molecule has 2 rings (SSSR count). The van der Waals surface area contributed by atoms with Crippen molar-refractivity contribution in [1.29, 1.82) is 0 Å². The van der Waals surface area contributed by atoms with Crippen LogP contribution < -0.4 is 4.74 Å². The van der Waals surface area contributed by atoms with E-state index in [1.807, 2.05) is 18.3 Å². The molecule has 2 unspecified atom stereocenters. The van der Waals surface area contributed by atoms with Crippen molar-refractivity contribution in [2.24, 2.45) is 0 Å². The van der Waals surface area contributed by atoms with E-state index in [1.54, 1.807) is 7.11 Å². The summed E-state index contributed by atoms with van der Waals surface area (Å²) in [6.07, 6.45) is 7.81. The first-order chi connectivity index (χ1) is 7.83. The molecule has 1 aromatic heterocycles. The highest BCUT2D eigenvalue weighted by molar-refractivity contribution is 6.21. The molecule has 0 amide bonds. The predicted molar refractivity (Wildman–Crippen MR) is 66.3 cm³/mol. The fraction of sp³-hybridized carbons (Fsp3) is 0.615. The number of aromatic nitrogens is 1. The van der Waals surface area contributed by atoms with E-state index in [0.29, 0.717) is 5.92 Å². The SMILES string of the molecule is COc1cccnc1C1CCCCCC1Cl. The summed E-state index contributed by atoms with van der Waals surface area (Å²) in [5, 5.41) is 0.200. The number of hydrogen-bond donors (Lipinski definition) is 0. The lowest BCUT2D eigenvalue weighted by Gasteiger charge is -2.20. The van der Waals surface area contributed by atoms with Crippen molar-refractivity contribution in [1.82, 2.24) is 4.98 Å². The summed E-state index contributed by atoms with van der Waals surface area (Å²) >= 11 is 6.46. The predicted octanol–water partition coefficient (Wildman–Crippen LogP) is 3.75. The van der Waals surface area contributed by atoms with Gasteiger partial charge in [0.05, 0.1) is 12.8 Å². The van der Waals surface area contributed by atoms with Crippen LogP contribution in [-0.4, -0.2) is 17.5 Å². The molecule has 1 aromatic rings. The number of rotatable bonds is 2. The highest BCUT2D eigenvalue weighted by Gasteiger charge is 2.26. The molecule has 0 spiro atoms. The maximum atomic E-state index is 6.46. The Morgan fingerprint density at radius 3 is 2.94 bits per heavy atom. The second-order valence-corrected chi connectivity index (χ2v) is 4.91. The minimum atomic E-state index is 0.200. The molecule has 1 heterocycles. The van der Waals surface area contributed by atoms with Crippen molar-refractivity contribution in [3.05, 3.63) is 24.0 Å². The van der Waals surface area contributed by atoms with Crippen LogP contribution in [0.1, 0.15) is 43.7 Å². The van der Waals surface area contributed by atoms with Crippen LogP contribution >= 0.6 is 11.6 Å². The van der Waals surface area contributed by atoms with Crippen LogP contribution in [0.25, 0.3) is 0 Å². The van der Waals surface area contributed by atoms with Gasteiger partial charge in [0, 0.05) is 17.5 Å². The van der Waals surface area contributed by atoms with Gasteiger partial charge >= 0.3 is 0 Å². The summed E-state index contributed by atoms with van der Waals surface area (Å²) < 4.78 is 5.37. The van der Waals surface area contributed by atoms with Gasteiger partial charge in [-0.2, -0.15) is 0 Å². The lowest BCUT2D eigenvalue weighted by Crippen LogP contribution is -2.13. The molecule has 1 aliphatic rings. The number of nitrogens with zero attached hydrogens (tertiary/aromatic N) is 1. The lowest BCUT2D eigenvalue weighted by molar-refractivity contribution is 0.398. The molecule has 0 radical (unpaired) electrons. The van der Waals surface area contributed by atoms with Gasteiger partial charge in [-0.15, -0.1) is 11.6 Å². The summed E-state index contributed by atoms with van der Waals surface area (Å²) in [7, 11) is 1.69. The molecule has 0 bridgehead atoms. The minimum Gasteiger partial charge on any atom is -0.495 e. The van der Waals surface area contributed by atoms with Crippen molar-refractivity contribution in [3.63, 3.8) is 0 Å². The van der Waals surface area contributed by atoms with Gasteiger partial charge in [0.2, 0.25) is 0 Å². The second kappa shape index (κ2) is 5.53. The van der Waals surface area contributed by atoms with E-state index in [1.165, 1.54) is 19.3 Å². The number of pyridine rings is 1. The van der Waals surface area contributed by atoms with Crippen LogP contribution in [0.15, 0.2) is 18.3 Å². The molecule has 3 heteroatoms. The van der Waals surface area contributed by atoms with Crippen LogP contribution in [0.5, 0.6) is 5.75 Å². The van der Waals surface area contributed by atoms with Gasteiger partial charge in [0.25, 0.3) is 0 Å². The standard InChI is InChI=1S/C13H18ClNO/c1-16-12-8-5-9-15-13(12)10-6-3-2-4-7-11(10)14/h5,8-11H,2-4,6-7H2,1H3. The Balaban J connectivity index is 2.26. The third-order valence-electron chi connectivity index (χ3n) is 3.30. The maximum absolute atomic E-state index is 6.46. The minimum absolute atomic E-state index is 0.200. The van der Waals surface area contributed by atoms with E-state index in [4.69, 9.17) is 16.3 Å². The lowest BCUT2D eigenvalue weighted by atomic mass is 9.95. The van der Waals surface area contributed by atoms with Crippen molar-refractivity contribution in [3.8, 4) is 5.75 Å². The van der Waals surface area contributed by atoms with Crippen molar-refractivity contribution in [2.75, 3.05) is 7.11 Å². The molecule has 88 valence electrons. The van der Waals surface area contributed by atoms with Gasteiger partial charge in [-0.3, -0.25) is 4.98 Å². The van der Waals surface area contributed by atoms with Crippen molar-refractivity contribution < 1.29 is 4.74 Å².